The Labute approximate surface area is 197 Å². The van der Waals surface area contributed by atoms with Gasteiger partial charge in [-0.25, -0.2) is 9.78 Å². The zero-order chi connectivity index (χ0) is 23.8. The lowest BCUT2D eigenvalue weighted by Crippen LogP contribution is -2.15. The Morgan fingerprint density at radius 3 is 2.62 bits per heavy atom. The van der Waals surface area contributed by atoms with E-state index in [4.69, 9.17) is 20.8 Å². The number of halogens is 1. The Morgan fingerprint density at radius 1 is 1.03 bits per heavy atom. The van der Waals surface area contributed by atoms with Gasteiger partial charge >= 0.3 is 5.97 Å². The van der Waals surface area contributed by atoms with Crippen molar-refractivity contribution in [2.45, 2.75) is 13.5 Å². The van der Waals surface area contributed by atoms with Gasteiger partial charge in [0.15, 0.2) is 11.0 Å². The third kappa shape index (κ3) is 3.86. The van der Waals surface area contributed by atoms with Crippen LogP contribution < -0.4 is 11.0 Å². The Balaban J connectivity index is 1.51. The number of carbonyl (C=O) groups is 1. The maximum absolute atomic E-state index is 13.0. The van der Waals surface area contributed by atoms with E-state index in [2.05, 4.69) is 9.97 Å². The lowest BCUT2D eigenvalue weighted by molar-refractivity contribution is 0.0463. The molecule has 0 amide bonds. The molecule has 0 unspecified atom stereocenters. The number of hydrogen-bond donors (Lipinski definition) is 1. The number of rotatable bonds is 4. The van der Waals surface area contributed by atoms with E-state index in [9.17, 15) is 14.4 Å². The van der Waals surface area contributed by atoms with Crippen molar-refractivity contribution in [3.63, 3.8) is 0 Å². The molecule has 8 heteroatoms. The number of nitrogens with one attached hydrogen (secondary N) is 1. The molecule has 5 aromatic rings. The molecule has 0 radical (unpaired) electrons. The van der Waals surface area contributed by atoms with Gasteiger partial charge in [-0.15, -0.1) is 0 Å². The molecule has 0 aliphatic heterocycles. The Morgan fingerprint density at radius 2 is 1.82 bits per heavy atom. The molecule has 7 nitrogen and oxygen atoms in total. The quantitative estimate of drug-likeness (QED) is 0.369. The summed E-state index contributed by atoms with van der Waals surface area (Å²) >= 11 is 5.99. The van der Waals surface area contributed by atoms with Crippen molar-refractivity contribution in [2.24, 2.45) is 0 Å². The number of H-pyrrole nitrogens is 1. The highest BCUT2D eigenvalue weighted by molar-refractivity contribution is 6.31. The smallest absolute Gasteiger partial charge is 0.342 e. The van der Waals surface area contributed by atoms with Crippen LogP contribution in [0.15, 0.2) is 80.7 Å². The van der Waals surface area contributed by atoms with Crippen LogP contribution in [0.5, 0.6) is 0 Å². The summed E-state index contributed by atoms with van der Waals surface area (Å²) in [6, 6.07) is 18.6. The number of ether oxygens (including phenoxy) is 1. The lowest BCUT2D eigenvalue weighted by Gasteiger charge is -2.10. The first kappa shape index (κ1) is 21.6. The van der Waals surface area contributed by atoms with E-state index >= 15 is 0 Å². The van der Waals surface area contributed by atoms with Gasteiger partial charge in [0.25, 0.3) is 5.56 Å². The molecule has 0 bridgehead atoms. The van der Waals surface area contributed by atoms with Crippen LogP contribution in [0, 0.1) is 6.92 Å². The monoisotopic (exact) mass is 472 g/mol. The van der Waals surface area contributed by atoms with E-state index in [1.165, 1.54) is 6.07 Å². The molecule has 0 saturated heterocycles. The minimum absolute atomic E-state index is 0.0953. The van der Waals surface area contributed by atoms with Gasteiger partial charge in [-0.05, 0) is 37.3 Å². The summed E-state index contributed by atoms with van der Waals surface area (Å²) in [6.45, 7) is 1.40. The molecule has 2 heterocycles. The largest absolute Gasteiger partial charge is 0.455 e. The van der Waals surface area contributed by atoms with E-state index in [-0.39, 0.29) is 40.0 Å². The van der Waals surface area contributed by atoms with Crippen molar-refractivity contribution in [2.75, 3.05) is 0 Å². The molecule has 0 aliphatic rings. The fourth-order valence-electron chi connectivity index (χ4n) is 3.78. The Bertz CT molecular complexity index is 1690. The third-order valence-corrected chi connectivity index (χ3v) is 5.69. The molecular formula is C26H17ClN2O5. The summed E-state index contributed by atoms with van der Waals surface area (Å²) in [6.07, 6.45) is 0. The standard InChI is InChI=1S/C26H17ClN2O5/c1-14-22(30)18-8-5-9-19(24(18)34-23(14)15-6-3-2-4-7-15)26(32)33-13-21-28-20-12-16(27)10-11-17(20)25(31)29-21/h2-12H,13H2,1H3,(H,28,29,31). The molecule has 3 aromatic carbocycles. The number of carbonyl (C=O) groups excluding carboxylic acids is 1. The molecule has 34 heavy (non-hydrogen) atoms. The highest BCUT2D eigenvalue weighted by Crippen LogP contribution is 2.27. The van der Waals surface area contributed by atoms with Crippen LogP contribution >= 0.6 is 11.6 Å². The first-order valence-corrected chi connectivity index (χ1v) is 10.8. The van der Waals surface area contributed by atoms with Gasteiger partial charge in [0.1, 0.15) is 23.8 Å². The first-order chi connectivity index (χ1) is 16.4. The van der Waals surface area contributed by atoms with E-state index in [1.807, 2.05) is 30.3 Å². The summed E-state index contributed by atoms with van der Waals surface area (Å²) in [5.41, 5.74) is 1.19. The molecule has 0 atom stereocenters. The number of fused-ring (bicyclic) bond motifs is 2. The average molecular weight is 473 g/mol. The first-order valence-electron chi connectivity index (χ1n) is 10.4. The summed E-state index contributed by atoms with van der Waals surface area (Å²) in [5.74, 6) is -0.170. The van der Waals surface area contributed by atoms with Crippen LogP contribution in [0.25, 0.3) is 33.2 Å². The van der Waals surface area contributed by atoms with Crippen LogP contribution in [0.4, 0.5) is 0 Å². The van der Waals surface area contributed by atoms with Crippen molar-refractivity contribution in [3.8, 4) is 11.3 Å². The van der Waals surface area contributed by atoms with Gasteiger partial charge in [-0.3, -0.25) is 9.59 Å². The summed E-state index contributed by atoms with van der Waals surface area (Å²) < 4.78 is 11.5. The van der Waals surface area contributed by atoms with Gasteiger partial charge in [0.05, 0.1) is 16.3 Å². The highest BCUT2D eigenvalue weighted by atomic mass is 35.5. The minimum Gasteiger partial charge on any atom is -0.455 e. The fourth-order valence-corrected chi connectivity index (χ4v) is 3.94. The van der Waals surface area contributed by atoms with Gasteiger partial charge in [0.2, 0.25) is 0 Å². The zero-order valence-electron chi connectivity index (χ0n) is 17.9. The van der Waals surface area contributed by atoms with Crippen molar-refractivity contribution in [1.82, 2.24) is 9.97 Å². The summed E-state index contributed by atoms with van der Waals surface area (Å²) in [7, 11) is 0. The van der Waals surface area contributed by atoms with Gasteiger partial charge in [0, 0.05) is 16.1 Å². The number of aromatic nitrogens is 2. The van der Waals surface area contributed by atoms with Crippen LogP contribution in [-0.2, 0) is 11.3 Å². The number of esters is 1. The molecule has 168 valence electrons. The molecular weight excluding hydrogens is 456 g/mol. The predicted molar refractivity (Wildman–Crippen MR) is 129 cm³/mol. The second kappa shape index (κ2) is 8.61. The van der Waals surface area contributed by atoms with E-state index in [1.54, 1.807) is 37.3 Å². The van der Waals surface area contributed by atoms with Crippen molar-refractivity contribution < 1.29 is 13.9 Å². The number of para-hydroxylation sites is 1. The maximum atomic E-state index is 13.0. The molecule has 5 rings (SSSR count). The topological polar surface area (TPSA) is 102 Å². The normalized spacial score (nSPS) is 11.1. The Hall–Kier alpha value is -4.23. The molecule has 0 spiro atoms. The van der Waals surface area contributed by atoms with Crippen LogP contribution in [-0.4, -0.2) is 15.9 Å². The Kier molecular flexibility index (Phi) is 5.47. The molecule has 1 N–H and O–H groups in total. The summed E-state index contributed by atoms with van der Waals surface area (Å²) in [4.78, 5) is 45.2. The average Bonchev–Trinajstić information content (AvgIpc) is 2.84. The van der Waals surface area contributed by atoms with Gasteiger partial charge in [-0.2, -0.15) is 0 Å². The van der Waals surface area contributed by atoms with Crippen molar-refractivity contribution in [1.29, 1.82) is 0 Å². The SMILES string of the molecule is Cc1c(-c2ccccc2)oc2c(C(=O)OCc3nc4cc(Cl)ccc4c(=O)[nH]3)cccc2c1=O. The van der Waals surface area contributed by atoms with Crippen LogP contribution in [0.3, 0.4) is 0 Å². The van der Waals surface area contributed by atoms with E-state index in [0.29, 0.717) is 27.2 Å². The number of hydrogen-bond acceptors (Lipinski definition) is 6. The van der Waals surface area contributed by atoms with E-state index < -0.39 is 5.97 Å². The predicted octanol–water partition coefficient (Wildman–Crippen LogP) is 5.02. The molecule has 0 fully saturated rings. The third-order valence-electron chi connectivity index (χ3n) is 5.46. The fraction of sp³-hybridized carbons (Fsp3) is 0.0769. The second-order valence-corrected chi connectivity index (χ2v) is 8.12. The highest BCUT2D eigenvalue weighted by Gasteiger charge is 2.19. The molecule has 2 aromatic heterocycles. The molecule has 0 saturated carbocycles. The zero-order valence-corrected chi connectivity index (χ0v) is 18.7. The van der Waals surface area contributed by atoms with Crippen LogP contribution in [0.1, 0.15) is 21.7 Å². The van der Waals surface area contributed by atoms with E-state index in [0.717, 1.165) is 5.56 Å². The number of benzene rings is 3. The minimum atomic E-state index is -0.717. The summed E-state index contributed by atoms with van der Waals surface area (Å²) in [5, 5.41) is 1.08. The lowest BCUT2D eigenvalue weighted by atomic mass is 10.0. The second-order valence-electron chi connectivity index (χ2n) is 7.68. The number of aromatic amines is 1. The maximum Gasteiger partial charge on any atom is 0.342 e. The van der Waals surface area contributed by atoms with Gasteiger partial charge in [-0.1, -0.05) is 48.0 Å². The number of nitrogens with zero attached hydrogens (tertiary/aromatic N) is 1. The van der Waals surface area contributed by atoms with Crippen molar-refractivity contribution in [3.05, 3.63) is 109 Å². The van der Waals surface area contributed by atoms with Gasteiger partial charge < -0.3 is 14.1 Å². The molecule has 0 aliphatic carbocycles. The van der Waals surface area contributed by atoms with Crippen molar-refractivity contribution >= 4 is 39.4 Å². The van der Waals surface area contributed by atoms with Crippen LogP contribution in [0.2, 0.25) is 5.02 Å².